The average Bonchev–Trinajstić information content (AvgIpc) is 3.09. The number of methoxy groups -OCH3 is 2. The van der Waals surface area contributed by atoms with Crippen LogP contribution in [-0.4, -0.2) is 42.9 Å². The molecule has 0 unspecified atom stereocenters. The van der Waals surface area contributed by atoms with Crippen LogP contribution in [-0.2, 0) is 27.4 Å². The van der Waals surface area contributed by atoms with E-state index in [0.29, 0.717) is 17.9 Å². The summed E-state index contributed by atoms with van der Waals surface area (Å²) in [5.41, 5.74) is 2.22. The molecule has 0 bridgehead atoms. The SMILES string of the molecule is COC(=O)CC[C@@H](C(=O)NCc1ccccc1)N1Cc2c(OC)cccc2C1=O. The third-order valence-corrected chi connectivity index (χ3v) is 5.01. The minimum absolute atomic E-state index is 0.0389. The Hall–Kier alpha value is -3.35. The van der Waals surface area contributed by atoms with Gasteiger partial charge in [0.2, 0.25) is 5.91 Å². The molecule has 7 nitrogen and oxygen atoms in total. The average molecular weight is 396 g/mol. The lowest BCUT2D eigenvalue weighted by Gasteiger charge is -2.26. The third kappa shape index (κ3) is 4.56. The summed E-state index contributed by atoms with van der Waals surface area (Å²) in [6.45, 7) is 0.593. The van der Waals surface area contributed by atoms with Crippen LogP contribution in [0.1, 0.15) is 34.3 Å². The zero-order valence-electron chi connectivity index (χ0n) is 16.5. The van der Waals surface area contributed by atoms with E-state index < -0.39 is 12.0 Å². The van der Waals surface area contributed by atoms with Gasteiger partial charge in [-0.25, -0.2) is 0 Å². The third-order valence-electron chi connectivity index (χ3n) is 5.01. The molecular weight excluding hydrogens is 372 g/mol. The molecule has 0 aromatic heterocycles. The molecule has 0 spiro atoms. The van der Waals surface area contributed by atoms with Gasteiger partial charge < -0.3 is 19.7 Å². The van der Waals surface area contributed by atoms with Gasteiger partial charge in [-0.2, -0.15) is 0 Å². The molecule has 0 saturated heterocycles. The molecule has 1 aliphatic rings. The second-order valence-electron chi connectivity index (χ2n) is 6.75. The van der Waals surface area contributed by atoms with E-state index in [1.807, 2.05) is 30.3 Å². The van der Waals surface area contributed by atoms with Crippen molar-refractivity contribution in [1.82, 2.24) is 10.2 Å². The summed E-state index contributed by atoms with van der Waals surface area (Å²) in [6.07, 6.45) is 0.215. The standard InChI is InChI=1S/C22H24N2O5/c1-28-19-10-6-9-16-17(19)14-24(22(16)27)18(11-12-20(25)29-2)21(26)23-13-15-7-4-3-5-8-15/h3-10,18H,11-14H2,1-2H3,(H,23,26)/t18-/m0/s1. The Labute approximate surface area is 169 Å². The smallest absolute Gasteiger partial charge is 0.305 e. The van der Waals surface area contributed by atoms with E-state index in [1.54, 1.807) is 25.3 Å². The fraction of sp³-hybridized carbons (Fsp3) is 0.318. The van der Waals surface area contributed by atoms with Gasteiger partial charge in [-0.1, -0.05) is 36.4 Å². The van der Waals surface area contributed by atoms with Gasteiger partial charge in [-0.15, -0.1) is 0 Å². The first-order valence-corrected chi connectivity index (χ1v) is 9.40. The van der Waals surface area contributed by atoms with Crippen LogP contribution in [0.5, 0.6) is 5.75 Å². The van der Waals surface area contributed by atoms with E-state index >= 15 is 0 Å². The molecule has 0 saturated carbocycles. The van der Waals surface area contributed by atoms with Crippen LogP contribution in [0.2, 0.25) is 0 Å². The highest BCUT2D eigenvalue weighted by molar-refractivity contribution is 6.01. The van der Waals surface area contributed by atoms with Gasteiger partial charge in [0.15, 0.2) is 0 Å². The molecular formula is C22H24N2O5. The van der Waals surface area contributed by atoms with Crippen LogP contribution < -0.4 is 10.1 Å². The summed E-state index contributed by atoms with van der Waals surface area (Å²) in [5.74, 6) is -0.371. The van der Waals surface area contributed by atoms with Gasteiger partial charge >= 0.3 is 5.97 Å². The van der Waals surface area contributed by atoms with Crippen molar-refractivity contribution in [2.24, 2.45) is 0 Å². The van der Waals surface area contributed by atoms with Crippen molar-refractivity contribution < 1.29 is 23.9 Å². The first-order valence-electron chi connectivity index (χ1n) is 9.40. The number of fused-ring (bicyclic) bond motifs is 1. The molecule has 2 aromatic rings. The van der Waals surface area contributed by atoms with Gasteiger partial charge in [0, 0.05) is 24.1 Å². The number of amides is 2. The lowest BCUT2D eigenvalue weighted by molar-refractivity contribution is -0.141. The molecule has 1 aliphatic heterocycles. The monoisotopic (exact) mass is 396 g/mol. The largest absolute Gasteiger partial charge is 0.496 e. The van der Waals surface area contributed by atoms with Gasteiger partial charge in [0.1, 0.15) is 11.8 Å². The Morgan fingerprint density at radius 1 is 1.10 bits per heavy atom. The van der Waals surface area contributed by atoms with E-state index in [-0.39, 0.29) is 31.2 Å². The van der Waals surface area contributed by atoms with Crippen LogP contribution in [0.3, 0.4) is 0 Å². The van der Waals surface area contributed by atoms with Gasteiger partial charge in [0.05, 0.1) is 20.8 Å². The number of benzene rings is 2. The topological polar surface area (TPSA) is 84.9 Å². The normalized spacial score (nSPS) is 13.6. The lowest BCUT2D eigenvalue weighted by atomic mass is 10.1. The predicted molar refractivity (Wildman–Crippen MR) is 106 cm³/mol. The molecule has 2 amide bonds. The minimum Gasteiger partial charge on any atom is -0.496 e. The zero-order valence-corrected chi connectivity index (χ0v) is 16.5. The molecule has 1 heterocycles. The highest BCUT2D eigenvalue weighted by Gasteiger charge is 2.37. The fourth-order valence-electron chi connectivity index (χ4n) is 3.46. The number of carbonyl (C=O) groups is 3. The summed E-state index contributed by atoms with van der Waals surface area (Å²) in [7, 11) is 2.85. The zero-order chi connectivity index (χ0) is 20.8. The van der Waals surface area contributed by atoms with E-state index in [0.717, 1.165) is 11.1 Å². The molecule has 2 aromatic carbocycles. The van der Waals surface area contributed by atoms with E-state index in [4.69, 9.17) is 9.47 Å². The second-order valence-corrected chi connectivity index (χ2v) is 6.75. The van der Waals surface area contributed by atoms with E-state index in [9.17, 15) is 14.4 Å². The highest BCUT2D eigenvalue weighted by atomic mass is 16.5. The number of hydrogen-bond donors (Lipinski definition) is 1. The van der Waals surface area contributed by atoms with Crippen LogP contribution in [0.25, 0.3) is 0 Å². The van der Waals surface area contributed by atoms with Crippen molar-refractivity contribution in [2.45, 2.75) is 32.0 Å². The van der Waals surface area contributed by atoms with Gasteiger partial charge in [-0.05, 0) is 24.1 Å². The number of nitrogens with one attached hydrogen (secondary N) is 1. The Bertz CT molecular complexity index is 897. The molecule has 0 fully saturated rings. The molecule has 0 radical (unpaired) electrons. The van der Waals surface area contributed by atoms with Crippen LogP contribution >= 0.6 is 0 Å². The van der Waals surface area contributed by atoms with Gasteiger partial charge in [-0.3, -0.25) is 14.4 Å². The van der Waals surface area contributed by atoms with Crippen molar-refractivity contribution in [3.05, 3.63) is 65.2 Å². The molecule has 3 rings (SSSR count). The van der Waals surface area contributed by atoms with Crippen molar-refractivity contribution in [3.8, 4) is 5.75 Å². The summed E-state index contributed by atoms with van der Waals surface area (Å²) in [5, 5.41) is 2.88. The van der Waals surface area contributed by atoms with Crippen LogP contribution in [0.4, 0.5) is 0 Å². The maximum absolute atomic E-state index is 13.0. The van der Waals surface area contributed by atoms with Crippen molar-refractivity contribution in [1.29, 1.82) is 0 Å². The maximum atomic E-state index is 13.0. The predicted octanol–water partition coefficient (Wildman–Crippen LogP) is 2.29. The number of rotatable bonds is 8. The summed E-state index contributed by atoms with van der Waals surface area (Å²) in [6, 6.07) is 14.0. The first-order chi connectivity index (χ1) is 14.0. The molecule has 1 atom stereocenters. The Morgan fingerprint density at radius 2 is 1.86 bits per heavy atom. The maximum Gasteiger partial charge on any atom is 0.305 e. The molecule has 152 valence electrons. The second kappa shape index (κ2) is 9.23. The Balaban J connectivity index is 1.79. The number of nitrogens with zero attached hydrogens (tertiary/aromatic N) is 1. The van der Waals surface area contributed by atoms with Crippen molar-refractivity contribution >= 4 is 17.8 Å². The molecule has 29 heavy (non-hydrogen) atoms. The lowest BCUT2D eigenvalue weighted by Crippen LogP contribution is -2.47. The molecule has 0 aliphatic carbocycles. The molecule has 7 heteroatoms. The van der Waals surface area contributed by atoms with Gasteiger partial charge in [0.25, 0.3) is 5.91 Å². The Kier molecular flexibility index (Phi) is 6.49. The van der Waals surface area contributed by atoms with E-state index in [1.165, 1.54) is 12.0 Å². The number of carbonyl (C=O) groups excluding carboxylic acids is 3. The fourth-order valence-corrected chi connectivity index (χ4v) is 3.46. The summed E-state index contributed by atoms with van der Waals surface area (Å²) in [4.78, 5) is 39.1. The Morgan fingerprint density at radius 3 is 2.55 bits per heavy atom. The summed E-state index contributed by atoms with van der Waals surface area (Å²) < 4.78 is 10.1. The van der Waals surface area contributed by atoms with Crippen LogP contribution in [0.15, 0.2) is 48.5 Å². The number of ether oxygens (including phenoxy) is 2. The minimum atomic E-state index is -0.789. The summed E-state index contributed by atoms with van der Waals surface area (Å²) >= 11 is 0. The van der Waals surface area contributed by atoms with Crippen LogP contribution in [0, 0.1) is 0 Å². The highest BCUT2D eigenvalue weighted by Crippen LogP contribution is 2.32. The van der Waals surface area contributed by atoms with Crippen molar-refractivity contribution in [2.75, 3.05) is 14.2 Å². The number of esters is 1. The molecule has 1 N–H and O–H groups in total. The quantitative estimate of drug-likeness (QED) is 0.692. The van der Waals surface area contributed by atoms with Crippen molar-refractivity contribution in [3.63, 3.8) is 0 Å². The first kappa shape index (κ1) is 20.4. The number of hydrogen-bond acceptors (Lipinski definition) is 5. The van der Waals surface area contributed by atoms with E-state index in [2.05, 4.69) is 5.32 Å².